The molecule has 24 heavy (non-hydrogen) atoms. The van der Waals surface area contributed by atoms with Crippen molar-refractivity contribution in [3.05, 3.63) is 23.9 Å². The second kappa shape index (κ2) is 7.80. The highest BCUT2D eigenvalue weighted by atomic mass is 19.4. The summed E-state index contributed by atoms with van der Waals surface area (Å²) < 4.78 is 47.1. The molecule has 0 radical (unpaired) electrons. The molecule has 0 spiro atoms. The van der Waals surface area contributed by atoms with Crippen molar-refractivity contribution in [1.29, 1.82) is 0 Å². The summed E-state index contributed by atoms with van der Waals surface area (Å²) in [5.41, 5.74) is 1.80. The number of hydrogen-bond acceptors (Lipinski definition) is 5. The van der Waals surface area contributed by atoms with E-state index in [9.17, 15) is 13.2 Å². The average molecular weight is 342 g/mol. The molecule has 1 N–H and O–H groups in total. The summed E-state index contributed by atoms with van der Waals surface area (Å²) in [6.45, 7) is -0.0474. The standard InChI is InChI=1S/C15H17F3N4O2/c1-19-9-13-14(21-22-20-13)10-6-11(23-2)8-12(7-10)24-5-3-4-15(16,17)18/h6-9H,3-5H2,1-2H3,(H,20,21,22)/b19-9-. The summed E-state index contributed by atoms with van der Waals surface area (Å²) in [4.78, 5) is 3.91. The van der Waals surface area contributed by atoms with E-state index in [0.29, 0.717) is 28.5 Å². The van der Waals surface area contributed by atoms with Gasteiger partial charge in [0.2, 0.25) is 0 Å². The summed E-state index contributed by atoms with van der Waals surface area (Å²) in [7, 11) is 3.11. The molecule has 0 saturated heterocycles. The van der Waals surface area contributed by atoms with Gasteiger partial charge in [0.1, 0.15) is 22.9 Å². The minimum absolute atomic E-state index is 0.0474. The third kappa shape index (κ3) is 4.97. The van der Waals surface area contributed by atoms with Crippen LogP contribution in [0.2, 0.25) is 0 Å². The van der Waals surface area contributed by atoms with Gasteiger partial charge in [0.05, 0.1) is 13.7 Å². The van der Waals surface area contributed by atoms with E-state index in [0.717, 1.165) is 0 Å². The Balaban J connectivity index is 2.17. The number of halogens is 3. The van der Waals surface area contributed by atoms with Gasteiger partial charge in [-0.3, -0.25) is 10.1 Å². The molecule has 130 valence electrons. The van der Waals surface area contributed by atoms with Crippen LogP contribution < -0.4 is 9.47 Å². The lowest BCUT2D eigenvalue weighted by molar-refractivity contribution is -0.136. The van der Waals surface area contributed by atoms with Crippen molar-refractivity contribution in [2.24, 2.45) is 4.99 Å². The van der Waals surface area contributed by atoms with Crippen LogP contribution in [0.5, 0.6) is 11.5 Å². The van der Waals surface area contributed by atoms with Gasteiger partial charge in [-0.05, 0) is 18.6 Å². The number of ether oxygens (including phenoxy) is 2. The highest BCUT2D eigenvalue weighted by Crippen LogP contribution is 2.30. The molecule has 0 aliphatic rings. The molecule has 9 heteroatoms. The Morgan fingerprint density at radius 3 is 2.67 bits per heavy atom. The summed E-state index contributed by atoms with van der Waals surface area (Å²) in [6.07, 6.45) is -3.62. The maximum atomic E-state index is 12.2. The monoisotopic (exact) mass is 342 g/mol. The third-order valence-corrected chi connectivity index (χ3v) is 3.10. The first kappa shape index (κ1) is 17.8. The number of aliphatic imine (C=N–C) groups is 1. The molecule has 0 aliphatic carbocycles. The Hall–Kier alpha value is -2.58. The Kier molecular flexibility index (Phi) is 5.78. The Labute approximate surface area is 136 Å². The van der Waals surface area contributed by atoms with Crippen LogP contribution in [0.4, 0.5) is 13.2 Å². The molecule has 0 fully saturated rings. The molecular formula is C15H17F3N4O2. The fourth-order valence-electron chi connectivity index (χ4n) is 2.04. The van der Waals surface area contributed by atoms with Crippen LogP contribution in [0.25, 0.3) is 11.3 Å². The summed E-state index contributed by atoms with van der Waals surface area (Å²) >= 11 is 0. The van der Waals surface area contributed by atoms with Crippen molar-refractivity contribution < 1.29 is 22.6 Å². The summed E-state index contributed by atoms with van der Waals surface area (Å²) in [5, 5.41) is 10.4. The maximum absolute atomic E-state index is 12.2. The zero-order valence-electron chi connectivity index (χ0n) is 13.2. The lowest BCUT2D eigenvalue weighted by Gasteiger charge is -2.11. The lowest BCUT2D eigenvalue weighted by atomic mass is 10.1. The molecule has 1 heterocycles. The van der Waals surface area contributed by atoms with E-state index in [1.807, 2.05) is 0 Å². The Morgan fingerprint density at radius 1 is 1.25 bits per heavy atom. The van der Waals surface area contributed by atoms with Crippen molar-refractivity contribution in [3.63, 3.8) is 0 Å². The number of nitrogens with one attached hydrogen (secondary N) is 1. The molecule has 0 saturated carbocycles. The van der Waals surface area contributed by atoms with Gasteiger partial charge in [0.15, 0.2) is 0 Å². The van der Waals surface area contributed by atoms with Crippen LogP contribution in [-0.2, 0) is 0 Å². The van der Waals surface area contributed by atoms with Crippen molar-refractivity contribution >= 4 is 6.21 Å². The molecule has 2 aromatic rings. The summed E-state index contributed by atoms with van der Waals surface area (Å²) in [6, 6.07) is 5.00. The van der Waals surface area contributed by atoms with Gasteiger partial charge in [-0.1, -0.05) is 5.21 Å². The van der Waals surface area contributed by atoms with E-state index in [4.69, 9.17) is 9.47 Å². The maximum Gasteiger partial charge on any atom is 0.389 e. The number of benzene rings is 1. The number of nitrogens with zero attached hydrogens (tertiary/aromatic N) is 3. The largest absolute Gasteiger partial charge is 0.497 e. The van der Waals surface area contributed by atoms with Crippen molar-refractivity contribution in [3.8, 4) is 22.8 Å². The van der Waals surface area contributed by atoms with Crippen LogP contribution in [0.3, 0.4) is 0 Å². The van der Waals surface area contributed by atoms with Gasteiger partial charge in [-0.25, -0.2) is 0 Å². The average Bonchev–Trinajstić information content (AvgIpc) is 2.99. The first-order chi connectivity index (χ1) is 11.4. The normalized spacial score (nSPS) is 11.9. The van der Waals surface area contributed by atoms with Crippen LogP contribution in [-0.4, -0.2) is 48.6 Å². The van der Waals surface area contributed by atoms with Crippen LogP contribution in [0, 0.1) is 0 Å². The zero-order valence-corrected chi connectivity index (χ0v) is 13.2. The molecule has 0 aliphatic heterocycles. The second-order valence-corrected chi connectivity index (χ2v) is 4.93. The SMILES string of the molecule is C/N=C\c1[nH]nnc1-c1cc(OC)cc(OCCCC(F)(F)F)c1. The predicted molar refractivity (Wildman–Crippen MR) is 82.7 cm³/mol. The molecule has 0 unspecified atom stereocenters. The van der Waals surface area contributed by atoms with E-state index in [-0.39, 0.29) is 13.0 Å². The molecule has 0 bridgehead atoms. The van der Waals surface area contributed by atoms with Gasteiger partial charge in [0, 0.05) is 31.3 Å². The first-order valence-electron chi connectivity index (χ1n) is 7.15. The fraction of sp³-hybridized carbons (Fsp3) is 0.400. The minimum Gasteiger partial charge on any atom is -0.497 e. The Morgan fingerprint density at radius 2 is 2.00 bits per heavy atom. The second-order valence-electron chi connectivity index (χ2n) is 4.93. The Bertz CT molecular complexity index is 698. The van der Waals surface area contributed by atoms with E-state index in [1.165, 1.54) is 7.11 Å². The quantitative estimate of drug-likeness (QED) is 0.619. The zero-order chi connectivity index (χ0) is 17.6. The van der Waals surface area contributed by atoms with Gasteiger partial charge in [0.25, 0.3) is 0 Å². The topological polar surface area (TPSA) is 72.4 Å². The minimum atomic E-state index is -4.18. The highest BCUT2D eigenvalue weighted by molar-refractivity contribution is 5.86. The number of methoxy groups -OCH3 is 1. The predicted octanol–water partition coefficient (Wildman–Crippen LogP) is 3.25. The number of aromatic nitrogens is 3. The van der Waals surface area contributed by atoms with Crippen molar-refractivity contribution in [2.75, 3.05) is 20.8 Å². The molecule has 6 nitrogen and oxygen atoms in total. The van der Waals surface area contributed by atoms with Crippen LogP contribution in [0.1, 0.15) is 18.5 Å². The number of hydrogen-bond donors (Lipinski definition) is 1. The van der Waals surface area contributed by atoms with Gasteiger partial charge < -0.3 is 9.47 Å². The van der Waals surface area contributed by atoms with E-state index in [2.05, 4.69) is 20.4 Å². The molecule has 0 amide bonds. The number of alkyl halides is 3. The van der Waals surface area contributed by atoms with Gasteiger partial charge in [-0.2, -0.15) is 13.2 Å². The third-order valence-electron chi connectivity index (χ3n) is 3.10. The van der Waals surface area contributed by atoms with Gasteiger partial charge in [-0.15, -0.1) is 5.10 Å². The van der Waals surface area contributed by atoms with Crippen molar-refractivity contribution in [2.45, 2.75) is 19.0 Å². The molecule has 2 rings (SSSR count). The first-order valence-corrected chi connectivity index (χ1v) is 7.15. The van der Waals surface area contributed by atoms with Gasteiger partial charge >= 0.3 is 6.18 Å². The summed E-state index contributed by atoms with van der Waals surface area (Å²) in [5.74, 6) is 0.898. The number of aromatic amines is 1. The number of rotatable bonds is 7. The lowest BCUT2D eigenvalue weighted by Crippen LogP contribution is -2.09. The molecular weight excluding hydrogens is 325 g/mol. The smallest absolute Gasteiger partial charge is 0.389 e. The fourth-order valence-corrected chi connectivity index (χ4v) is 2.04. The van der Waals surface area contributed by atoms with Crippen LogP contribution in [0.15, 0.2) is 23.2 Å². The number of H-pyrrole nitrogens is 1. The van der Waals surface area contributed by atoms with E-state index in [1.54, 1.807) is 31.5 Å². The molecule has 0 atom stereocenters. The highest BCUT2D eigenvalue weighted by Gasteiger charge is 2.26. The van der Waals surface area contributed by atoms with Crippen molar-refractivity contribution in [1.82, 2.24) is 15.4 Å². The van der Waals surface area contributed by atoms with Crippen LogP contribution >= 0.6 is 0 Å². The molecule has 1 aromatic heterocycles. The molecule has 1 aromatic carbocycles. The van der Waals surface area contributed by atoms with E-state index >= 15 is 0 Å². The van der Waals surface area contributed by atoms with E-state index < -0.39 is 12.6 Å².